The van der Waals surface area contributed by atoms with Crippen LogP contribution in [0.1, 0.15) is 12.0 Å². The molecule has 1 amide bonds. The van der Waals surface area contributed by atoms with Gasteiger partial charge in [0.2, 0.25) is 15.9 Å². The zero-order valence-electron chi connectivity index (χ0n) is 13.6. The van der Waals surface area contributed by atoms with Crippen molar-refractivity contribution in [2.24, 2.45) is 11.8 Å². The lowest BCUT2D eigenvalue weighted by atomic mass is 10.2. The molecule has 2 unspecified atom stereocenters. The summed E-state index contributed by atoms with van der Waals surface area (Å²) in [5, 5.41) is 11.5. The minimum Gasteiger partial charge on any atom is -0.481 e. The molecule has 8 nitrogen and oxygen atoms in total. The van der Waals surface area contributed by atoms with Crippen molar-refractivity contribution in [1.29, 1.82) is 0 Å². The first-order valence-electron chi connectivity index (χ1n) is 8.07. The van der Waals surface area contributed by atoms with Crippen molar-refractivity contribution in [2.75, 3.05) is 26.3 Å². The summed E-state index contributed by atoms with van der Waals surface area (Å²) < 4.78 is 31.6. The van der Waals surface area contributed by atoms with Crippen LogP contribution < -0.4 is 5.32 Å². The molecule has 1 saturated heterocycles. The average Bonchev–Trinajstić information content (AvgIpc) is 3.42. The van der Waals surface area contributed by atoms with Gasteiger partial charge in [-0.3, -0.25) is 9.59 Å². The van der Waals surface area contributed by atoms with Crippen molar-refractivity contribution in [2.45, 2.75) is 17.9 Å². The maximum atomic E-state index is 12.5. The topological polar surface area (TPSA) is 113 Å². The zero-order valence-corrected chi connectivity index (χ0v) is 14.4. The van der Waals surface area contributed by atoms with E-state index < -0.39 is 27.8 Å². The minimum absolute atomic E-state index is 0.206. The number of hydrogen-bond acceptors (Lipinski definition) is 5. The number of sulfonamides is 1. The SMILES string of the molecule is O=C(O)C1CC1C(=O)NCc1ccc(S(=O)(=O)N2CCOCC2)cc1. The number of rotatable bonds is 6. The van der Waals surface area contributed by atoms with Gasteiger partial charge >= 0.3 is 5.97 Å². The number of nitrogens with zero attached hydrogens (tertiary/aromatic N) is 1. The standard InChI is InChI=1S/C16H20N2O6S/c19-15(13-9-14(13)16(20)21)17-10-11-1-3-12(4-2-11)25(22,23)18-5-7-24-8-6-18/h1-4,13-14H,5-10H2,(H,17,19)(H,20,21). The lowest BCUT2D eigenvalue weighted by molar-refractivity contribution is -0.140. The average molecular weight is 368 g/mol. The number of hydrogen-bond donors (Lipinski definition) is 2. The van der Waals surface area contributed by atoms with Crippen LogP contribution in [0.25, 0.3) is 0 Å². The number of benzene rings is 1. The number of ether oxygens (including phenoxy) is 1. The van der Waals surface area contributed by atoms with Crippen LogP contribution in [0.2, 0.25) is 0 Å². The molecule has 1 aromatic rings. The summed E-state index contributed by atoms with van der Waals surface area (Å²) in [6.07, 6.45) is 0.373. The lowest BCUT2D eigenvalue weighted by Crippen LogP contribution is -2.40. The van der Waals surface area contributed by atoms with Gasteiger partial charge < -0.3 is 15.2 Å². The molecule has 0 bridgehead atoms. The van der Waals surface area contributed by atoms with Crippen LogP contribution in [0.5, 0.6) is 0 Å². The summed E-state index contributed by atoms with van der Waals surface area (Å²) in [6.45, 7) is 1.70. The molecule has 1 aliphatic heterocycles. The van der Waals surface area contributed by atoms with Gasteiger partial charge in [-0.2, -0.15) is 4.31 Å². The number of aliphatic carboxylic acids is 1. The fourth-order valence-corrected chi connectivity index (χ4v) is 4.20. The first-order chi connectivity index (χ1) is 11.9. The molecule has 0 spiro atoms. The number of carboxylic acids is 1. The second-order valence-electron chi connectivity index (χ2n) is 6.17. The number of carbonyl (C=O) groups excluding carboxylic acids is 1. The fraction of sp³-hybridized carbons (Fsp3) is 0.500. The van der Waals surface area contributed by atoms with Crippen LogP contribution in [0.3, 0.4) is 0 Å². The van der Waals surface area contributed by atoms with Crippen molar-refractivity contribution in [3.8, 4) is 0 Å². The number of carbonyl (C=O) groups is 2. The Hall–Kier alpha value is -1.97. The minimum atomic E-state index is -3.53. The third-order valence-corrected chi connectivity index (χ3v) is 6.36. The summed E-state index contributed by atoms with van der Waals surface area (Å²) in [5.74, 6) is -2.27. The van der Waals surface area contributed by atoms with E-state index in [0.717, 1.165) is 5.56 Å². The van der Waals surface area contributed by atoms with Gasteiger partial charge in [0, 0.05) is 19.6 Å². The fourth-order valence-electron chi connectivity index (χ4n) is 2.79. The summed E-state index contributed by atoms with van der Waals surface area (Å²) in [5.41, 5.74) is 0.752. The van der Waals surface area contributed by atoms with Crippen LogP contribution in [0.15, 0.2) is 29.2 Å². The predicted molar refractivity (Wildman–Crippen MR) is 87.1 cm³/mol. The normalized spacial score (nSPS) is 23.8. The van der Waals surface area contributed by atoms with Crippen LogP contribution in [-0.2, 0) is 30.9 Å². The summed E-state index contributed by atoms with van der Waals surface area (Å²) >= 11 is 0. The predicted octanol–water partition coefficient (Wildman–Crippen LogP) is 0.0444. The Morgan fingerprint density at radius 3 is 2.36 bits per heavy atom. The highest BCUT2D eigenvalue weighted by Crippen LogP contribution is 2.38. The molecule has 25 heavy (non-hydrogen) atoms. The molecule has 0 aromatic heterocycles. The summed E-state index contributed by atoms with van der Waals surface area (Å²) in [6, 6.07) is 6.33. The number of amides is 1. The molecule has 2 N–H and O–H groups in total. The van der Waals surface area contributed by atoms with E-state index in [1.807, 2.05) is 0 Å². The van der Waals surface area contributed by atoms with Crippen LogP contribution in [0.4, 0.5) is 0 Å². The molecule has 1 heterocycles. The molecule has 136 valence electrons. The molecular weight excluding hydrogens is 348 g/mol. The second-order valence-corrected chi connectivity index (χ2v) is 8.10. The van der Waals surface area contributed by atoms with Gasteiger partial charge in [-0.05, 0) is 24.1 Å². The van der Waals surface area contributed by atoms with Gasteiger partial charge in [-0.25, -0.2) is 8.42 Å². The number of carboxylic acid groups (broad SMARTS) is 1. The Bertz CT molecular complexity index is 755. The van der Waals surface area contributed by atoms with Crippen molar-refractivity contribution in [3.05, 3.63) is 29.8 Å². The molecule has 1 aliphatic carbocycles. The van der Waals surface area contributed by atoms with Crippen molar-refractivity contribution >= 4 is 21.9 Å². The third kappa shape index (κ3) is 4.00. The van der Waals surface area contributed by atoms with Crippen LogP contribution in [0, 0.1) is 11.8 Å². The van der Waals surface area contributed by atoms with E-state index >= 15 is 0 Å². The molecule has 1 saturated carbocycles. The Morgan fingerprint density at radius 2 is 1.80 bits per heavy atom. The summed E-state index contributed by atoms with van der Waals surface area (Å²) in [7, 11) is -3.53. The maximum Gasteiger partial charge on any atom is 0.307 e. The molecule has 2 fully saturated rings. The molecule has 2 aliphatic rings. The van der Waals surface area contributed by atoms with E-state index in [-0.39, 0.29) is 17.3 Å². The third-order valence-electron chi connectivity index (χ3n) is 4.44. The van der Waals surface area contributed by atoms with E-state index in [2.05, 4.69) is 5.32 Å². The van der Waals surface area contributed by atoms with Gasteiger partial charge in [0.15, 0.2) is 0 Å². The van der Waals surface area contributed by atoms with Crippen LogP contribution >= 0.6 is 0 Å². The van der Waals surface area contributed by atoms with Crippen molar-refractivity contribution in [3.63, 3.8) is 0 Å². The highest BCUT2D eigenvalue weighted by molar-refractivity contribution is 7.89. The molecule has 9 heteroatoms. The Kier molecular flexibility index (Phi) is 5.07. The molecule has 3 rings (SSSR count). The van der Waals surface area contributed by atoms with Gasteiger partial charge in [0.05, 0.1) is 29.9 Å². The van der Waals surface area contributed by atoms with E-state index in [1.165, 1.54) is 16.4 Å². The molecule has 0 radical (unpaired) electrons. The molecule has 1 aromatic carbocycles. The van der Waals surface area contributed by atoms with Gasteiger partial charge in [-0.1, -0.05) is 12.1 Å². The Morgan fingerprint density at radius 1 is 1.16 bits per heavy atom. The van der Waals surface area contributed by atoms with Crippen molar-refractivity contribution < 1.29 is 27.9 Å². The Labute approximate surface area is 145 Å². The van der Waals surface area contributed by atoms with Gasteiger partial charge in [-0.15, -0.1) is 0 Å². The monoisotopic (exact) mass is 368 g/mol. The van der Waals surface area contributed by atoms with E-state index in [4.69, 9.17) is 9.84 Å². The van der Waals surface area contributed by atoms with E-state index in [9.17, 15) is 18.0 Å². The largest absolute Gasteiger partial charge is 0.481 e. The van der Waals surface area contributed by atoms with Gasteiger partial charge in [0.25, 0.3) is 0 Å². The van der Waals surface area contributed by atoms with Crippen LogP contribution in [-0.4, -0.2) is 56.0 Å². The van der Waals surface area contributed by atoms with E-state index in [0.29, 0.717) is 32.7 Å². The number of morpholine rings is 1. The molecule has 2 atom stereocenters. The highest BCUT2D eigenvalue weighted by atomic mass is 32.2. The summed E-state index contributed by atoms with van der Waals surface area (Å²) in [4.78, 5) is 22.8. The highest BCUT2D eigenvalue weighted by Gasteiger charge is 2.48. The Balaban J connectivity index is 1.57. The smallest absolute Gasteiger partial charge is 0.307 e. The molecular formula is C16H20N2O6S. The van der Waals surface area contributed by atoms with Crippen molar-refractivity contribution in [1.82, 2.24) is 9.62 Å². The first kappa shape index (κ1) is 17.8. The van der Waals surface area contributed by atoms with Gasteiger partial charge in [0.1, 0.15) is 0 Å². The second kappa shape index (κ2) is 7.11. The zero-order chi connectivity index (χ0) is 18.0. The maximum absolute atomic E-state index is 12.5. The number of nitrogens with one attached hydrogen (secondary N) is 1. The quantitative estimate of drug-likeness (QED) is 0.733. The lowest BCUT2D eigenvalue weighted by Gasteiger charge is -2.26. The van der Waals surface area contributed by atoms with E-state index in [1.54, 1.807) is 12.1 Å². The first-order valence-corrected chi connectivity index (χ1v) is 9.51.